The van der Waals surface area contributed by atoms with Crippen molar-refractivity contribution >= 4 is 43.6 Å². The van der Waals surface area contributed by atoms with Gasteiger partial charge in [-0.15, -0.1) is 0 Å². The zero-order valence-electron chi connectivity index (χ0n) is 16.4. The first kappa shape index (κ1) is 19.5. The van der Waals surface area contributed by atoms with Gasteiger partial charge < -0.3 is 9.32 Å². The molecule has 29 heavy (non-hydrogen) atoms. The number of hydrogen-bond acceptors (Lipinski definition) is 4. The molecule has 0 saturated heterocycles. The van der Waals surface area contributed by atoms with Crippen LogP contribution in [-0.2, 0) is 0 Å². The zero-order valence-corrected chi connectivity index (χ0v) is 17.3. The highest BCUT2D eigenvalue weighted by molar-refractivity contribution is 7.22. The fourth-order valence-corrected chi connectivity index (χ4v) is 4.40. The molecule has 5 nitrogen and oxygen atoms in total. The number of thiazole rings is 1. The number of furan rings is 1. The van der Waals surface area contributed by atoms with Crippen LogP contribution in [0.5, 0.6) is 0 Å². The van der Waals surface area contributed by atoms with Gasteiger partial charge in [0.1, 0.15) is 16.9 Å². The minimum Gasteiger partial charge on any atom is -0.451 e. The Balaban J connectivity index is 1.72. The minimum absolute atomic E-state index is 0.257. The fourth-order valence-electron chi connectivity index (χ4n) is 3.40. The molecule has 150 valence electrons. The fraction of sp³-hybridized carbons (Fsp3) is 0.273. The van der Waals surface area contributed by atoms with Gasteiger partial charge in [-0.05, 0) is 38.1 Å². The van der Waals surface area contributed by atoms with Crippen LogP contribution in [0.15, 0.2) is 52.9 Å². The van der Waals surface area contributed by atoms with Crippen molar-refractivity contribution in [3.05, 3.63) is 60.1 Å². The first-order chi connectivity index (χ1) is 14.1. The van der Waals surface area contributed by atoms with E-state index in [1.54, 1.807) is 17.0 Å². The van der Waals surface area contributed by atoms with Crippen molar-refractivity contribution in [2.75, 3.05) is 31.1 Å². The Kier molecular flexibility index (Phi) is 5.60. The number of amides is 1. The molecule has 4 rings (SSSR count). The van der Waals surface area contributed by atoms with Gasteiger partial charge in [-0.3, -0.25) is 9.69 Å². The second-order valence-electron chi connectivity index (χ2n) is 6.90. The number of quaternary nitrogens is 1. The molecule has 0 atom stereocenters. The molecule has 2 heterocycles. The molecule has 1 amide bonds. The minimum atomic E-state index is -0.379. The molecule has 2 aromatic carbocycles. The van der Waals surface area contributed by atoms with Gasteiger partial charge in [0.05, 0.1) is 30.9 Å². The van der Waals surface area contributed by atoms with E-state index in [2.05, 4.69) is 18.8 Å². The lowest BCUT2D eigenvalue weighted by molar-refractivity contribution is -0.894. The van der Waals surface area contributed by atoms with E-state index >= 15 is 0 Å². The highest BCUT2D eigenvalue weighted by atomic mass is 32.1. The SMILES string of the molecule is CC[NH+](CC)CCN(C(=O)c1cc2ccccc2o1)c1nc2c(F)cccc2s1. The van der Waals surface area contributed by atoms with Crippen LogP contribution in [0.1, 0.15) is 24.4 Å². The largest absolute Gasteiger partial charge is 0.451 e. The quantitative estimate of drug-likeness (QED) is 0.503. The number of aromatic nitrogens is 1. The van der Waals surface area contributed by atoms with Crippen LogP contribution in [0.2, 0.25) is 0 Å². The Morgan fingerprint density at radius 1 is 1.17 bits per heavy atom. The molecule has 0 spiro atoms. The number of rotatable bonds is 7. The molecule has 2 aromatic heterocycles. The predicted octanol–water partition coefficient (Wildman–Crippen LogP) is 3.75. The Labute approximate surface area is 172 Å². The standard InChI is InChI=1S/C22H22FN3O2S/c1-3-25(4-2)12-13-26(22-24-20-16(23)9-7-11-19(20)29-22)21(27)18-14-15-8-5-6-10-17(15)28-18/h5-11,14H,3-4,12-13H2,1-2H3/p+1. The van der Waals surface area contributed by atoms with E-state index < -0.39 is 0 Å². The normalized spacial score (nSPS) is 11.6. The lowest BCUT2D eigenvalue weighted by Crippen LogP contribution is -3.12. The van der Waals surface area contributed by atoms with Crippen LogP contribution >= 0.6 is 11.3 Å². The maximum absolute atomic E-state index is 14.2. The lowest BCUT2D eigenvalue weighted by atomic mass is 10.2. The van der Waals surface area contributed by atoms with Gasteiger partial charge in [0, 0.05) is 5.39 Å². The molecule has 0 fully saturated rings. The number of carbonyl (C=O) groups is 1. The summed E-state index contributed by atoms with van der Waals surface area (Å²) in [6.45, 7) is 7.44. The Bertz CT molecular complexity index is 1120. The van der Waals surface area contributed by atoms with Crippen LogP contribution in [-0.4, -0.2) is 37.1 Å². The smallest absolute Gasteiger partial charge is 0.296 e. The molecule has 1 N–H and O–H groups in total. The van der Waals surface area contributed by atoms with Crippen molar-refractivity contribution in [2.45, 2.75) is 13.8 Å². The average Bonchev–Trinajstić information content (AvgIpc) is 3.36. The van der Waals surface area contributed by atoms with Crippen molar-refractivity contribution in [1.29, 1.82) is 0 Å². The maximum Gasteiger partial charge on any atom is 0.296 e. The van der Waals surface area contributed by atoms with Crippen molar-refractivity contribution in [1.82, 2.24) is 4.98 Å². The number of benzene rings is 2. The third kappa shape index (κ3) is 3.88. The lowest BCUT2D eigenvalue weighted by Gasteiger charge is -2.22. The molecule has 4 aromatic rings. The summed E-state index contributed by atoms with van der Waals surface area (Å²) in [5, 5.41) is 1.36. The van der Waals surface area contributed by atoms with E-state index in [1.165, 1.54) is 22.3 Å². The van der Waals surface area contributed by atoms with Gasteiger partial charge in [-0.25, -0.2) is 9.37 Å². The van der Waals surface area contributed by atoms with Crippen molar-refractivity contribution in [2.24, 2.45) is 0 Å². The van der Waals surface area contributed by atoms with Gasteiger partial charge in [0.2, 0.25) is 0 Å². The van der Waals surface area contributed by atoms with E-state index in [-0.39, 0.29) is 17.5 Å². The summed E-state index contributed by atoms with van der Waals surface area (Å²) in [4.78, 5) is 20.8. The Hall–Kier alpha value is -2.77. The number of hydrogen-bond donors (Lipinski definition) is 1. The molecule has 0 radical (unpaired) electrons. The second kappa shape index (κ2) is 8.31. The number of fused-ring (bicyclic) bond motifs is 2. The number of para-hydroxylation sites is 2. The highest BCUT2D eigenvalue weighted by Crippen LogP contribution is 2.31. The van der Waals surface area contributed by atoms with Gasteiger partial charge in [-0.1, -0.05) is 35.6 Å². The molecule has 0 unspecified atom stereocenters. The van der Waals surface area contributed by atoms with Crippen LogP contribution in [0.25, 0.3) is 21.2 Å². The number of carbonyl (C=O) groups excluding carboxylic acids is 1. The monoisotopic (exact) mass is 412 g/mol. The second-order valence-corrected chi connectivity index (χ2v) is 7.90. The Morgan fingerprint density at radius 2 is 1.97 bits per heavy atom. The predicted molar refractivity (Wildman–Crippen MR) is 114 cm³/mol. The summed E-state index contributed by atoms with van der Waals surface area (Å²) in [6, 6.07) is 14.1. The van der Waals surface area contributed by atoms with E-state index in [1.807, 2.05) is 30.3 Å². The number of nitrogens with one attached hydrogen (secondary N) is 1. The molecule has 0 bridgehead atoms. The molecule has 0 aliphatic carbocycles. The molecular formula is C22H23FN3O2S+. The van der Waals surface area contributed by atoms with E-state index in [9.17, 15) is 9.18 Å². The van der Waals surface area contributed by atoms with E-state index in [4.69, 9.17) is 4.42 Å². The molecule has 0 saturated carbocycles. The van der Waals surface area contributed by atoms with Gasteiger partial charge >= 0.3 is 0 Å². The van der Waals surface area contributed by atoms with Crippen molar-refractivity contribution in [3.8, 4) is 0 Å². The number of anilines is 1. The van der Waals surface area contributed by atoms with Crippen molar-refractivity contribution < 1.29 is 18.5 Å². The van der Waals surface area contributed by atoms with E-state index in [0.29, 0.717) is 22.8 Å². The maximum atomic E-state index is 14.2. The summed E-state index contributed by atoms with van der Waals surface area (Å²) >= 11 is 1.32. The summed E-state index contributed by atoms with van der Waals surface area (Å²) in [5.74, 6) is -0.372. The summed E-state index contributed by atoms with van der Waals surface area (Å²) in [6.07, 6.45) is 0. The van der Waals surface area contributed by atoms with Crippen LogP contribution < -0.4 is 9.80 Å². The first-order valence-corrected chi connectivity index (χ1v) is 10.6. The van der Waals surface area contributed by atoms with Crippen molar-refractivity contribution in [3.63, 3.8) is 0 Å². The van der Waals surface area contributed by atoms with Crippen LogP contribution in [0.4, 0.5) is 9.52 Å². The molecular weight excluding hydrogens is 389 g/mol. The molecule has 0 aliphatic heterocycles. The summed E-state index contributed by atoms with van der Waals surface area (Å²) in [7, 11) is 0. The van der Waals surface area contributed by atoms with Gasteiger partial charge in [-0.2, -0.15) is 0 Å². The average molecular weight is 413 g/mol. The number of likely N-dealkylation sites (N-methyl/N-ethyl adjacent to an activating group) is 1. The first-order valence-electron chi connectivity index (χ1n) is 9.79. The Morgan fingerprint density at radius 3 is 2.69 bits per heavy atom. The van der Waals surface area contributed by atoms with E-state index in [0.717, 1.165) is 29.7 Å². The van der Waals surface area contributed by atoms with Crippen LogP contribution in [0.3, 0.4) is 0 Å². The third-order valence-corrected chi connectivity index (χ3v) is 6.20. The summed E-state index contributed by atoms with van der Waals surface area (Å²) < 4.78 is 20.7. The third-order valence-electron chi connectivity index (χ3n) is 5.16. The topological polar surface area (TPSA) is 50.8 Å². The van der Waals surface area contributed by atoms with Crippen LogP contribution in [0, 0.1) is 5.82 Å². The number of nitrogens with zero attached hydrogens (tertiary/aromatic N) is 2. The number of halogens is 1. The summed E-state index contributed by atoms with van der Waals surface area (Å²) in [5.41, 5.74) is 0.964. The zero-order chi connectivity index (χ0) is 20.4. The van der Waals surface area contributed by atoms with Gasteiger partial charge in [0.25, 0.3) is 5.91 Å². The van der Waals surface area contributed by atoms with Gasteiger partial charge in [0.15, 0.2) is 10.9 Å². The molecule has 0 aliphatic rings. The highest BCUT2D eigenvalue weighted by Gasteiger charge is 2.26. The molecule has 7 heteroatoms.